The maximum atomic E-state index is 11.6. The molecule has 2 N–H and O–H groups in total. The molecule has 0 saturated heterocycles. The second-order valence-corrected chi connectivity index (χ2v) is 8.67. The minimum absolute atomic E-state index is 0.0958. The van der Waals surface area contributed by atoms with E-state index in [4.69, 9.17) is 5.73 Å². The topological polar surface area (TPSA) is 92.8 Å². The van der Waals surface area contributed by atoms with Gasteiger partial charge < -0.3 is 5.73 Å². The number of hydrogen-bond acceptors (Lipinski definition) is 4. The number of carbonyl (C=O) groups excluding carboxylic acids is 1. The average Bonchev–Trinajstić information content (AvgIpc) is 2.74. The SMILES string of the molecule is CS(=O)(=O)N1N=Cc2ccccc2C1CC(N)=O.c1ccc(-c2ccccc2)cc1. The maximum absolute atomic E-state index is 11.6. The van der Waals surface area contributed by atoms with E-state index in [1.54, 1.807) is 12.1 Å². The van der Waals surface area contributed by atoms with E-state index in [1.165, 1.54) is 17.3 Å². The number of rotatable bonds is 4. The lowest BCUT2D eigenvalue weighted by atomic mass is 9.98. The van der Waals surface area contributed by atoms with Gasteiger partial charge in [-0.05, 0) is 22.3 Å². The maximum Gasteiger partial charge on any atom is 0.247 e. The molecule has 0 radical (unpaired) electrons. The van der Waals surface area contributed by atoms with Gasteiger partial charge in [-0.1, -0.05) is 84.9 Å². The first-order valence-corrected chi connectivity index (χ1v) is 11.2. The standard InChI is InChI=1S/C12H10.C11H13N3O3S/c1-3-7-11(8-4-1)12-9-5-2-6-10-12;1-18(16,17)14-10(6-11(12)15)9-5-3-2-4-8(9)7-13-14/h1-10H;2-5,7,10H,6H2,1H3,(H2,12,15). The number of benzene rings is 3. The molecule has 4 rings (SSSR count). The number of hydrazone groups is 1. The van der Waals surface area contributed by atoms with E-state index in [-0.39, 0.29) is 6.42 Å². The second-order valence-electron chi connectivity index (χ2n) is 6.83. The third-order valence-corrected chi connectivity index (χ3v) is 5.58. The Morgan fingerprint density at radius 2 is 1.40 bits per heavy atom. The van der Waals surface area contributed by atoms with Crippen LogP contribution in [0.4, 0.5) is 0 Å². The van der Waals surface area contributed by atoms with E-state index >= 15 is 0 Å². The number of nitrogens with zero attached hydrogens (tertiary/aromatic N) is 2. The van der Waals surface area contributed by atoms with Crippen molar-refractivity contribution in [2.24, 2.45) is 10.8 Å². The molecule has 0 aliphatic carbocycles. The third-order valence-electron chi connectivity index (χ3n) is 4.55. The zero-order chi connectivity index (χ0) is 21.6. The predicted octanol–water partition coefficient (Wildman–Crippen LogP) is 3.57. The van der Waals surface area contributed by atoms with E-state index in [0.717, 1.165) is 21.8 Å². The van der Waals surface area contributed by atoms with E-state index in [9.17, 15) is 13.2 Å². The molecule has 1 heterocycles. The van der Waals surface area contributed by atoms with Crippen LogP contribution in [0.2, 0.25) is 0 Å². The normalized spacial score (nSPS) is 15.0. The Hall–Kier alpha value is -3.45. The lowest BCUT2D eigenvalue weighted by Crippen LogP contribution is -2.35. The van der Waals surface area contributed by atoms with Gasteiger partial charge in [-0.3, -0.25) is 4.79 Å². The Morgan fingerprint density at radius 3 is 1.90 bits per heavy atom. The first-order valence-electron chi connectivity index (χ1n) is 9.37. The van der Waals surface area contributed by atoms with Crippen LogP contribution in [0.15, 0.2) is 90.0 Å². The van der Waals surface area contributed by atoms with Crippen LogP contribution in [0, 0.1) is 0 Å². The van der Waals surface area contributed by atoms with Gasteiger partial charge in [0, 0.05) is 0 Å². The quantitative estimate of drug-likeness (QED) is 0.698. The zero-order valence-electron chi connectivity index (χ0n) is 16.5. The van der Waals surface area contributed by atoms with Crippen molar-refractivity contribution < 1.29 is 13.2 Å². The molecular formula is C23H23N3O3S. The van der Waals surface area contributed by atoms with Gasteiger partial charge in [0.2, 0.25) is 15.9 Å². The molecule has 1 unspecified atom stereocenters. The molecule has 0 saturated carbocycles. The van der Waals surface area contributed by atoms with Crippen molar-refractivity contribution in [3.05, 3.63) is 96.1 Å². The van der Waals surface area contributed by atoms with Gasteiger partial charge in [0.25, 0.3) is 0 Å². The van der Waals surface area contributed by atoms with Crippen molar-refractivity contribution in [1.29, 1.82) is 0 Å². The molecule has 1 amide bonds. The van der Waals surface area contributed by atoms with Gasteiger partial charge in [-0.25, -0.2) is 8.42 Å². The van der Waals surface area contributed by atoms with Gasteiger partial charge >= 0.3 is 0 Å². The zero-order valence-corrected chi connectivity index (χ0v) is 17.4. The van der Waals surface area contributed by atoms with Crippen molar-refractivity contribution in [3.63, 3.8) is 0 Å². The number of sulfonamides is 1. The molecule has 0 spiro atoms. The molecule has 1 aliphatic rings. The Labute approximate surface area is 176 Å². The first kappa shape index (κ1) is 21.3. The average molecular weight is 422 g/mol. The molecular weight excluding hydrogens is 398 g/mol. The van der Waals surface area contributed by atoms with Crippen LogP contribution in [0.1, 0.15) is 23.6 Å². The molecule has 3 aromatic carbocycles. The van der Waals surface area contributed by atoms with Gasteiger partial charge in [-0.15, -0.1) is 0 Å². The van der Waals surface area contributed by atoms with Crippen molar-refractivity contribution in [2.75, 3.05) is 6.26 Å². The highest BCUT2D eigenvalue weighted by atomic mass is 32.2. The summed E-state index contributed by atoms with van der Waals surface area (Å²) in [7, 11) is -3.54. The van der Waals surface area contributed by atoms with Crippen LogP contribution >= 0.6 is 0 Å². The van der Waals surface area contributed by atoms with Gasteiger partial charge in [0.15, 0.2) is 0 Å². The Morgan fingerprint density at radius 1 is 0.900 bits per heavy atom. The van der Waals surface area contributed by atoms with Crippen LogP contribution in [0.25, 0.3) is 11.1 Å². The molecule has 154 valence electrons. The van der Waals surface area contributed by atoms with Crippen LogP contribution in [-0.4, -0.2) is 31.2 Å². The third kappa shape index (κ3) is 5.33. The van der Waals surface area contributed by atoms with Gasteiger partial charge in [0.05, 0.1) is 24.9 Å². The summed E-state index contributed by atoms with van der Waals surface area (Å²) in [5.74, 6) is -0.569. The van der Waals surface area contributed by atoms with Crippen LogP contribution in [-0.2, 0) is 14.8 Å². The molecule has 1 atom stereocenters. The summed E-state index contributed by atoms with van der Waals surface area (Å²) in [6.07, 6.45) is 2.42. The predicted molar refractivity (Wildman–Crippen MR) is 119 cm³/mol. The van der Waals surface area contributed by atoms with Crippen molar-refractivity contribution in [2.45, 2.75) is 12.5 Å². The summed E-state index contributed by atoms with van der Waals surface area (Å²) < 4.78 is 24.2. The Balaban J connectivity index is 0.000000184. The van der Waals surface area contributed by atoms with E-state index in [2.05, 4.69) is 53.6 Å². The number of nitrogens with two attached hydrogens (primary N) is 1. The van der Waals surface area contributed by atoms with Crippen molar-refractivity contribution in [1.82, 2.24) is 4.41 Å². The van der Waals surface area contributed by atoms with Gasteiger partial charge in [0.1, 0.15) is 0 Å². The molecule has 6 nitrogen and oxygen atoms in total. The highest BCUT2D eigenvalue weighted by Crippen LogP contribution is 2.31. The number of hydrogen-bond donors (Lipinski definition) is 1. The summed E-state index contributed by atoms with van der Waals surface area (Å²) in [5, 5.41) is 3.89. The fraction of sp³-hybridized carbons (Fsp3) is 0.130. The highest BCUT2D eigenvalue weighted by Gasteiger charge is 2.31. The summed E-state index contributed by atoms with van der Waals surface area (Å²) >= 11 is 0. The smallest absolute Gasteiger partial charge is 0.247 e. The van der Waals surface area contributed by atoms with Crippen molar-refractivity contribution in [3.8, 4) is 11.1 Å². The summed E-state index contributed by atoms with van der Waals surface area (Å²) in [6, 6.07) is 27.3. The Bertz CT molecular complexity index is 1090. The summed E-state index contributed by atoms with van der Waals surface area (Å²) in [5.41, 5.74) is 9.25. The number of amides is 1. The molecule has 30 heavy (non-hydrogen) atoms. The molecule has 7 heteroatoms. The van der Waals surface area contributed by atoms with E-state index in [1.807, 2.05) is 24.3 Å². The minimum atomic E-state index is -3.54. The number of fused-ring (bicyclic) bond motifs is 1. The fourth-order valence-electron chi connectivity index (χ4n) is 3.21. The monoisotopic (exact) mass is 421 g/mol. The van der Waals surface area contributed by atoms with Gasteiger partial charge in [-0.2, -0.15) is 9.52 Å². The van der Waals surface area contributed by atoms with E-state index in [0.29, 0.717) is 0 Å². The van der Waals surface area contributed by atoms with Crippen molar-refractivity contribution >= 4 is 22.1 Å². The first-order chi connectivity index (χ1) is 14.4. The van der Waals surface area contributed by atoms with Crippen LogP contribution < -0.4 is 5.73 Å². The number of carbonyl (C=O) groups is 1. The highest BCUT2D eigenvalue weighted by molar-refractivity contribution is 7.88. The molecule has 0 fully saturated rings. The molecule has 1 aliphatic heterocycles. The molecule has 0 aromatic heterocycles. The molecule has 3 aromatic rings. The minimum Gasteiger partial charge on any atom is -0.370 e. The van der Waals surface area contributed by atoms with E-state index < -0.39 is 22.0 Å². The Kier molecular flexibility index (Phi) is 6.64. The summed E-state index contributed by atoms with van der Waals surface area (Å²) in [4.78, 5) is 11.1. The summed E-state index contributed by atoms with van der Waals surface area (Å²) in [6.45, 7) is 0. The second kappa shape index (κ2) is 9.37. The number of primary amides is 1. The van der Waals surface area contributed by atoms with Crippen LogP contribution in [0.3, 0.4) is 0 Å². The largest absolute Gasteiger partial charge is 0.370 e. The fourth-order valence-corrected chi connectivity index (χ4v) is 4.08. The van der Waals surface area contributed by atoms with Crippen LogP contribution in [0.5, 0.6) is 0 Å². The molecule has 0 bridgehead atoms. The lowest BCUT2D eigenvalue weighted by molar-refractivity contribution is -0.118. The lowest BCUT2D eigenvalue weighted by Gasteiger charge is -2.30.